The smallest absolute Gasteiger partial charge is 0.267 e. The predicted molar refractivity (Wildman–Crippen MR) is 111 cm³/mol. The molecule has 1 amide bonds. The van der Waals surface area contributed by atoms with Gasteiger partial charge >= 0.3 is 0 Å². The number of nitrogens with zero attached hydrogens (tertiary/aromatic N) is 3. The van der Waals surface area contributed by atoms with Crippen LogP contribution in [0.15, 0.2) is 60.3 Å². The van der Waals surface area contributed by atoms with E-state index in [1.54, 1.807) is 24.4 Å². The van der Waals surface area contributed by atoms with E-state index >= 15 is 0 Å². The maximum atomic E-state index is 12.4. The van der Waals surface area contributed by atoms with E-state index in [1.807, 2.05) is 29.2 Å². The molecule has 0 spiro atoms. The minimum atomic E-state index is -0.463. The van der Waals surface area contributed by atoms with Gasteiger partial charge in [0.05, 0.1) is 10.7 Å². The van der Waals surface area contributed by atoms with E-state index in [-0.39, 0.29) is 5.57 Å². The molecule has 1 aliphatic heterocycles. The highest BCUT2D eigenvalue weighted by Gasteiger charge is 2.17. The van der Waals surface area contributed by atoms with Crippen LogP contribution in [-0.2, 0) is 11.3 Å². The van der Waals surface area contributed by atoms with Gasteiger partial charge in [-0.25, -0.2) is 0 Å². The first kappa shape index (κ1) is 19.7. The van der Waals surface area contributed by atoms with Gasteiger partial charge < -0.3 is 16.0 Å². The number of piperazine rings is 1. The van der Waals surface area contributed by atoms with Gasteiger partial charge in [-0.1, -0.05) is 41.9 Å². The fraction of sp³-hybridized carbons (Fsp3) is 0.238. The molecule has 7 heteroatoms. The zero-order chi connectivity index (χ0) is 19.9. The lowest BCUT2D eigenvalue weighted by Gasteiger charge is -2.34. The molecule has 28 heavy (non-hydrogen) atoms. The first-order valence-electron chi connectivity index (χ1n) is 9.04. The van der Waals surface area contributed by atoms with Crippen LogP contribution in [0.5, 0.6) is 0 Å². The summed E-state index contributed by atoms with van der Waals surface area (Å²) in [6, 6.07) is 17.1. The Balaban J connectivity index is 1.56. The molecule has 0 saturated carbocycles. The van der Waals surface area contributed by atoms with E-state index in [9.17, 15) is 10.1 Å². The van der Waals surface area contributed by atoms with E-state index in [0.29, 0.717) is 16.4 Å². The number of carbonyl (C=O) groups excluding carboxylic acids is 1. The zero-order valence-corrected chi connectivity index (χ0v) is 16.2. The van der Waals surface area contributed by atoms with Crippen molar-refractivity contribution in [3.8, 4) is 6.07 Å². The van der Waals surface area contributed by atoms with Crippen molar-refractivity contribution in [1.82, 2.24) is 9.80 Å². The second-order valence-corrected chi connectivity index (χ2v) is 7.05. The molecule has 144 valence electrons. The number of nitrogens with one attached hydrogen (secondary N) is 1. The minimum Gasteiger partial charge on any atom is -0.398 e. The highest BCUT2D eigenvalue weighted by Crippen LogP contribution is 2.23. The second kappa shape index (κ2) is 9.27. The molecule has 1 fully saturated rings. The molecule has 1 heterocycles. The molecular weight excluding hydrogens is 374 g/mol. The summed E-state index contributed by atoms with van der Waals surface area (Å²) in [4.78, 5) is 16.8. The molecule has 2 aromatic carbocycles. The number of hydrogen-bond donors (Lipinski definition) is 2. The lowest BCUT2D eigenvalue weighted by atomic mass is 10.2. The van der Waals surface area contributed by atoms with E-state index in [1.165, 1.54) is 5.56 Å². The lowest BCUT2D eigenvalue weighted by molar-refractivity contribution is -0.112. The number of rotatable bonds is 5. The van der Waals surface area contributed by atoms with Gasteiger partial charge in [0.15, 0.2) is 0 Å². The summed E-state index contributed by atoms with van der Waals surface area (Å²) in [7, 11) is 0. The van der Waals surface area contributed by atoms with Crippen molar-refractivity contribution < 1.29 is 4.79 Å². The van der Waals surface area contributed by atoms with Crippen LogP contribution in [0.4, 0.5) is 11.4 Å². The topological polar surface area (TPSA) is 85.4 Å². The Hall–Kier alpha value is -3.01. The average molecular weight is 396 g/mol. The van der Waals surface area contributed by atoms with Crippen LogP contribution >= 0.6 is 11.6 Å². The highest BCUT2D eigenvalue weighted by atomic mass is 35.5. The Bertz CT molecular complexity index is 899. The number of anilines is 2. The molecule has 3 N–H and O–H groups in total. The summed E-state index contributed by atoms with van der Waals surface area (Å²) in [5, 5.41) is 12.4. The third-order valence-corrected chi connectivity index (χ3v) is 4.92. The molecule has 2 aromatic rings. The van der Waals surface area contributed by atoms with Gasteiger partial charge in [-0.05, 0) is 23.8 Å². The van der Waals surface area contributed by atoms with Gasteiger partial charge in [0.1, 0.15) is 11.6 Å². The molecule has 6 nitrogen and oxygen atoms in total. The summed E-state index contributed by atoms with van der Waals surface area (Å²) < 4.78 is 0. The SMILES string of the molecule is N#C/C(=C/N1CCN(Cc2ccccc2)CC1)C(=O)Nc1ccc(N)c(Cl)c1. The summed E-state index contributed by atoms with van der Waals surface area (Å²) in [5.74, 6) is -0.463. The monoisotopic (exact) mass is 395 g/mol. The third kappa shape index (κ3) is 5.26. The first-order chi connectivity index (χ1) is 13.5. The van der Waals surface area contributed by atoms with Crippen molar-refractivity contribution in [2.75, 3.05) is 37.2 Å². The lowest BCUT2D eigenvalue weighted by Crippen LogP contribution is -2.43. The Kier molecular flexibility index (Phi) is 6.53. The highest BCUT2D eigenvalue weighted by molar-refractivity contribution is 6.33. The van der Waals surface area contributed by atoms with E-state index < -0.39 is 5.91 Å². The Morgan fingerprint density at radius 3 is 2.54 bits per heavy atom. The average Bonchev–Trinajstić information content (AvgIpc) is 2.71. The predicted octanol–water partition coefficient (Wildman–Crippen LogP) is 3.09. The number of nitrogens with two attached hydrogens (primary N) is 1. The van der Waals surface area contributed by atoms with Crippen molar-refractivity contribution in [2.24, 2.45) is 0 Å². The molecule has 1 saturated heterocycles. The van der Waals surface area contributed by atoms with Gasteiger partial charge in [-0.15, -0.1) is 0 Å². The van der Waals surface area contributed by atoms with E-state index in [4.69, 9.17) is 17.3 Å². The van der Waals surface area contributed by atoms with Crippen LogP contribution in [-0.4, -0.2) is 41.9 Å². The van der Waals surface area contributed by atoms with Crippen LogP contribution in [0, 0.1) is 11.3 Å². The fourth-order valence-electron chi connectivity index (χ4n) is 3.02. The molecule has 0 aliphatic carbocycles. The number of nitrogen functional groups attached to an aromatic ring is 1. The third-order valence-electron chi connectivity index (χ3n) is 4.59. The van der Waals surface area contributed by atoms with Crippen molar-refractivity contribution in [3.63, 3.8) is 0 Å². The number of hydrogen-bond acceptors (Lipinski definition) is 5. The number of nitriles is 1. The largest absolute Gasteiger partial charge is 0.398 e. The normalized spacial score (nSPS) is 15.1. The van der Waals surface area contributed by atoms with Crippen molar-refractivity contribution in [2.45, 2.75) is 6.54 Å². The number of benzene rings is 2. The standard InChI is InChI=1S/C21H22ClN5O/c22-19-12-18(6-7-20(19)24)25-21(28)17(13-23)15-27-10-8-26(9-11-27)14-16-4-2-1-3-5-16/h1-7,12,15H,8-11,14,24H2,(H,25,28)/b17-15-. The van der Waals surface area contributed by atoms with Crippen molar-refractivity contribution >= 4 is 28.9 Å². The molecule has 0 aromatic heterocycles. The molecule has 0 radical (unpaired) electrons. The van der Waals surface area contributed by atoms with Crippen LogP contribution in [0.25, 0.3) is 0 Å². The maximum Gasteiger partial charge on any atom is 0.267 e. The summed E-state index contributed by atoms with van der Waals surface area (Å²) in [6.07, 6.45) is 1.63. The Morgan fingerprint density at radius 1 is 1.18 bits per heavy atom. The minimum absolute atomic E-state index is 0.0597. The quantitative estimate of drug-likeness (QED) is 0.461. The number of amides is 1. The van der Waals surface area contributed by atoms with Crippen LogP contribution in [0.1, 0.15) is 5.56 Å². The van der Waals surface area contributed by atoms with Crippen LogP contribution in [0.2, 0.25) is 5.02 Å². The maximum absolute atomic E-state index is 12.4. The fourth-order valence-corrected chi connectivity index (χ4v) is 3.20. The number of carbonyl (C=O) groups is 1. The summed E-state index contributed by atoms with van der Waals surface area (Å²) >= 11 is 5.97. The van der Waals surface area contributed by atoms with Gasteiger partial charge in [0.25, 0.3) is 5.91 Å². The molecule has 1 aliphatic rings. The van der Waals surface area contributed by atoms with E-state index in [0.717, 1.165) is 32.7 Å². The Morgan fingerprint density at radius 2 is 1.89 bits per heavy atom. The van der Waals surface area contributed by atoms with E-state index in [2.05, 4.69) is 22.3 Å². The van der Waals surface area contributed by atoms with Crippen molar-refractivity contribution in [1.29, 1.82) is 5.26 Å². The summed E-state index contributed by atoms with van der Waals surface area (Å²) in [5.41, 5.74) is 7.95. The molecule has 3 rings (SSSR count). The summed E-state index contributed by atoms with van der Waals surface area (Å²) in [6.45, 7) is 4.18. The zero-order valence-electron chi connectivity index (χ0n) is 15.4. The van der Waals surface area contributed by atoms with Crippen molar-refractivity contribution in [3.05, 3.63) is 70.9 Å². The second-order valence-electron chi connectivity index (χ2n) is 6.64. The van der Waals surface area contributed by atoms with Gasteiger partial charge in [0.2, 0.25) is 0 Å². The van der Waals surface area contributed by atoms with Gasteiger partial charge in [-0.2, -0.15) is 5.26 Å². The van der Waals surface area contributed by atoms with Crippen LogP contribution < -0.4 is 11.1 Å². The number of halogens is 1. The Labute approximate surface area is 169 Å². The first-order valence-corrected chi connectivity index (χ1v) is 9.41. The molecule has 0 unspecified atom stereocenters. The molecule has 0 bridgehead atoms. The molecular formula is C21H22ClN5O. The van der Waals surface area contributed by atoms with Gasteiger partial charge in [0, 0.05) is 44.6 Å². The van der Waals surface area contributed by atoms with Crippen LogP contribution in [0.3, 0.4) is 0 Å². The van der Waals surface area contributed by atoms with Gasteiger partial charge in [-0.3, -0.25) is 9.69 Å². The molecule has 0 atom stereocenters.